The second kappa shape index (κ2) is 5.33. The Morgan fingerprint density at radius 1 is 1.00 bits per heavy atom. The molecule has 5 nitrogen and oxygen atoms in total. The lowest BCUT2D eigenvalue weighted by molar-refractivity contribution is 0.0124. The van der Waals surface area contributed by atoms with Gasteiger partial charge in [-0.25, -0.2) is 0 Å². The minimum Gasteiger partial charge on any atom is -0.379 e. The van der Waals surface area contributed by atoms with Gasteiger partial charge in [0.1, 0.15) is 0 Å². The molecule has 0 saturated carbocycles. The molecular formula is C13H12Cl2N2O3. The van der Waals surface area contributed by atoms with E-state index < -0.39 is 0 Å². The molecule has 1 aromatic carbocycles. The van der Waals surface area contributed by atoms with E-state index in [2.05, 4.69) is 0 Å². The number of carbonyl (C=O) groups excluding carboxylic acids is 2. The summed E-state index contributed by atoms with van der Waals surface area (Å²) < 4.78 is 5.25. The molecule has 3 rings (SSSR count). The molecule has 0 aromatic heterocycles. The predicted octanol–water partition coefficient (Wildman–Crippen LogP) is 1.88. The van der Waals surface area contributed by atoms with Gasteiger partial charge >= 0.3 is 0 Å². The van der Waals surface area contributed by atoms with E-state index in [0.29, 0.717) is 37.4 Å². The molecule has 1 aromatic rings. The van der Waals surface area contributed by atoms with Gasteiger partial charge in [-0.1, -0.05) is 23.2 Å². The molecule has 20 heavy (non-hydrogen) atoms. The smallest absolute Gasteiger partial charge is 0.262 e. The maximum absolute atomic E-state index is 12.3. The van der Waals surface area contributed by atoms with Crippen molar-refractivity contribution in [1.82, 2.24) is 9.80 Å². The first kappa shape index (κ1) is 13.8. The fourth-order valence-electron chi connectivity index (χ4n) is 2.35. The van der Waals surface area contributed by atoms with Crippen LogP contribution in [0, 0.1) is 0 Å². The number of nitrogens with zero attached hydrogens (tertiary/aromatic N) is 2. The fourth-order valence-corrected chi connectivity index (χ4v) is 2.68. The van der Waals surface area contributed by atoms with E-state index in [9.17, 15) is 9.59 Å². The van der Waals surface area contributed by atoms with E-state index >= 15 is 0 Å². The molecule has 0 aliphatic carbocycles. The van der Waals surface area contributed by atoms with Gasteiger partial charge in [0.05, 0.1) is 41.1 Å². The Bertz CT molecular complexity index is 544. The highest BCUT2D eigenvalue weighted by Gasteiger charge is 2.37. The predicted molar refractivity (Wildman–Crippen MR) is 74.2 cm³/mol. The van der Waals surface area contributed by atoms with Gasteiger partial charge in [0.15, 0.2) is 0 Å². The number of fused-ring (bicyclic) bond motifs is 1. The maximum atomic E-state index is 12.3. The molecule has 0 spiro atoms. The van der Waals surface area contributed by atoms with Crippen LogP contribution in [0.4, 0.5) is 0 Å². The van der Waals surface area contributed by atoms with Crippen LogP contribution in [0.3, 0.4) is 0 Å². The molecule has 2 heterocycles. The van der Waals surface area contributed by atoms with Crippen LogP contribution in [-0.2, 0) is 4.74 Å². The highest BCUT2D eigenvalue weighted by atomic mass is 35.5. The third-order valence-electron chi connectivity index (χ3n) is 3.46. The van der Waals surface area contributed by atoms with E-state index in [1.807, 2.05) is 4.90 Å². The third-order valence-corrected chi connectivity index (χ3v) is 4.18. The number of benzene rings is 1. The van der Waals surface area contributed by atoms with Crippen LogP contribution >= 0.6 is 23.2 Å². The number of carbonyl (C=O) groups is 2. The van der Waals surface area contributed by atoms with Crippen LogP contribution in [0.15, 0.2) is 12.1 Å². The number of amides is 2. The Kier molecular flexibility index (Phi) is 3.69. The minimum absolute atomic E-state index is 0.269. The topological polar surface area (TPSA) is 49.9 Å². The van der Waals surface area contributed by atoms with Crippen molar-refractivity contribution >= 4 is 35.0 Å². The van der Waals surface area contributed by atoms with Crippen LogP contribution < -0.4 is 0 Å². The first-order chi connectivity index (χ1) is 9.58. The largest absolute Gasteiger partial charge is 0.379 e. The molecule has 0 N–H and O–H groups in total. The summed E-state index contributed by atoms with van der Waals surface area (Å²) in [5.41, 5.74) is 0.635. The first-order valence-corrected chi connectivity index (χ1v) is 6.99. The minimum atomic E-state index is -0.324. The first-order valence-electron chi connectivity index (χ1n) is 6.23. The summed E-state index contributed by atoms with van der Waals surface area (Å²) in [4.78, 5) is 27.8. The summed E-state index contributed by atoms with van der Waals surface area (Å²) in [6, 6.07) is 2.91. The highest BCUT2D eigenvalue weighted by molar-refractivity contribution is 6.43. The maximum Gasteiger partial charge on any atom is 0.262 e. The van der Waals surface area contributed by atoms with E-state index in [0.717, 1.165) is 0 Å². The molecule has 2 amide bonds. The summed E-state index contributed by atoms with van der Waals surface area (Å²) in [5.74, 6) is -0.648. The monoisotopic (exact) mass is 314 g/mol. The van der Waals surface area contributed by atoms with Crippen LogP contribution in [0.25, 0.3) is 0 Å². The zero-order valence-corrected chi connectivity index (χ0v) is 12.1. The fraction of sp³-hybridized carbons (Fsp3) is 0.385. The normalized spacial score (nSPS) is 19.6. The average Bonchev–Trinajstić information content (AvgIpc) is 2.66. The van der Waals surface area contributed by atoms with E-state index in [-0.39, 0.29) is 28.5 Å². The van der Waals surface area contributed by atoms with Gasteiger partial charge in [0, 0.05) is 13.1 Å². The van der Waals surface area contributed by atoms with Crippen molar-refractivity contribution in [2.45, 2.75) is 0 Å². The molecule has 1 saturated heterocycles. The molecule has 1 fully saturated rings. The number of imide groups is 1. The van der Waals surface area contributed by atoms with E-state index in [4.69, 9.17) is 27.9 Å². The molecule has 0 radical (unpaired) electrons. The Balaban J connectivity index is 1.85. The molecule has 0 unspecified atom stereocenters. The Labute approximate surface area is 126 Å². The SMILES string of the molecule is O=C1c2cc(Cl)c(Cl)cc2C(=O)N1CN1CCOCC1. The summed E-state index contributed by atoms with van der Waals surface area (Å²) in [6.07, 6.45) is 0. The standard InChI is InChI=1S/C13H12Cl2N2O3/c14-10-5-8-9(6-11(10)15)13(19)17(12(8)18)7-16-1-3-20-4-2-16/h5-6H,1-4,7H2. The second-order valence-electron chi connectivity index (χ2n) is 4.72. The molecule has 0 bridgehead atoms. The summed E-state index contributed by atoms with van der Waals surface area (Å²) in [5, 5.41) is 0.555. The van der Waals surface area contributed by atoms with Crippen molar-refractivity contribution in [1.29, 1.82) is 0 Å². The van der Waals surface area contributed by atoms with Crippen LogP contribution in [0.1, 0.15) is 20.7 Å². The molecule has 0 atom stereocenters. The number of ether oxygens (including phenoxy) is 1. The lowest BCUT2D eigenvalue weighted by atomic mass is 10.1. The van der Waals surface area contributed by atoms with Gasteiger partial charge in [0.2, 0.25) is 0 Å². The summed E-state index contributed by atoms with van der Waals surface area (Å²) in [6.45, 7) is 2.90. The molecular weight excluding hydrogens is 303 g/mol. The van der Waals surface area contributed by atoms with Crippen molar-refractivity contribution in [2.75, 3.05) is 33.0 Å². The Morgan fingerprint density at radius 3 is 2.00 bits per heavy atom. The molecule has 7 heteroatoms. The molecule has 2 aliphatic heterocycles. The van der Waals surface area contributed by atoms with Crippen molar-refractivity contribution < 1.29 is 14.3 Å². The van der Waals surface area contributed by atoms with E-state index in [1.54, 1.807) is 0 Å². The number of hydrogen-bond acceptors (Lipinski definition) is 4. The zero-order chi connectivity index (χ0) is 14.3. The van der Waals surface area contributed by atoms with Crippen molar-refractivity contribution in [3.05, 3.63) is 33.3 Å². The number of halogens is 2. The lowest BCUT2D eigenvalue weighted by Crippen LogP contribution is -2.46. The van der Waals surface area contributed by atoms with Crippen molar-refractivity contribution in [2.24, 2.45) is 0 Å². The van der Waals surface area contributed by atoms with Crippen LogP contribution in [0.2, 0.25) is 10.0 Å². The van der Waals surface area contributed by atoms with Crippen LogP contribution in [-0.4, -0.2) is 54.6 Å². The number of hydrogen-bond donors (Lipinski definition) is 0. The zero-order valence-electron chi connectivity index (χ0n) is 10.6. The number of rotatable bonds is 2. The highest BCUT2D eigenvalue weighted by Crippen LogP contribution is 2.31. The van der Waals surface area contributed by atoms with Crippen molar-refractivity contribution in [3.8, 4) is 0 Å². The Hall–Kier alpha value is -1.14. The van der Waals surface area contributed by atoms with Gasteiger partial charge in [-0.15, -0.1) is 0 Å². The van der Waals surface area contributed by atoms with Crippen molar-refractivity contribution in [3.63, 3.8) is 0 Å². The lowest BCUT2D eigenvalue weighted by Gasteiger charge is -2.29. The van der Waals surface area contributed by atoms with Gasteiger partial charge in [-0.3, -0.25) is 19.4 Å². The Morgan fingerprint density at radius 2 is 1.50 bits per heavy atom. The van der Waals surface area contributed by atoms with Gasteiger partial charge < -0.3 is 4.74 Å². The van der Waals surface area contributed by atoms with Gasteiger partial charge in [-0.05, 0) is 12.1 Å². The quantitative estimate of drug-likeness (QED) is 0.782. The second-order valence-corrected chi connectivity index (χ2v) is 5.54. The molecule has 106 valence electrons. The summed E-state index contributed by atoms with van der Waals surface area (Å²) >= 11 is 11.8. The molecule has 2 aliphatic rings. The van der Waals surface area contributed by atoms with E-state index in [1.165, 1.54) is 17.0 Å². The van der Waals surface area contributed by atoms with Crippen LogP contribution in [0.5, 0.6) is 0 Å². The van der Waals surface area contributed by atoms with Gasteiger partial charge in [0.25, 0.3) is 11.8 Å². The third kappa shape index (κ3) is 2.31. The average molecular weight is 315 g/mol. The summed E-state index contributed by atoms with van der Waals surface area (Å²) in [7, 11) is 0. The number of morpholine rings is 1. The van der Waals surface area contributed by atoms with Gasteiger partial charge in [-0.2, -0.15) is 0 Å².